The van der Waals surface area contributed by atoms with Crippen molar-refractivity contribution in [3.63, 3.8) is 0 Å². The first-order chi connectivity index (χ1) is 3.27. The van der Waals surface area contributed by atoms with Gasteiger partial charge in [0.25, 0.3) is 0 Å². The van der Waals surface area contributed by atoms with Gasteiger partial charge in [-0.1, -0.05) is 12.7 Å². The van der Waals surface area contributed by atoms with Gasteiger partial charge in [-0.2, -0.15) is 0 Å². The highest BCUT2D eigenvalue weighted by molar-refractivity contribution is 5.01. The van der Waals surface area contributed by atoms with Crippen LogP contribution in [0.1, 0.15) is 19.3 Å². The number of hydrogen-bond donors (Lipinski definition) is 1. The fourth-order valence-corrected chi connectivity index (χ4v) is 0.599. The maximum Gasteiger partial charge on any atom is 0.0190 e. The molecule has 0 bridgehead atoms. The van der Waals surface area contributed by atoms with E-state index in [9.17, 15) is 0 Å². The van der Waals surface area contributed by atoms with Crippen LogP contribution in [0.3, 0.4) is 0 Å². The Kier molecular flexibility index (Phi) is 0.927. The summed E-state index contributed by atoms with van der Waals surface area (Å²) in [6.07, 6.45) is 4.83. The van der Waals surface area contributed by atoms with Crippen LogP contribution in [0.15, 0.2) is 6.08 Å². The third kappa shape index (κ3) is 1.03. The van der Waals surface area contributed by atoms with Gasteiger partial charge in [-0.25, -0.2) is 0 Å². The molecule has 0 atom stereocenters. The topological polar surface area (TPSA) is 26.0 Å². The van der Waals surface area contributed by atoms with Gasteiger partial charge in [-0.15, -0.1) is 0 Å². The van der Waals surface area contributed by atoms with Crippen LogP contribution in [0.4, 0.5) is 0 Å². The van der Waals surface area contributed by atoms with Crippen molar-refractivity contribution in [1.82, 2.24) is 0 Å². The van der Waals surface area contributed by atoms with Crippen molar-refractivity contribution in [2.45, 2.75) is 24.8 Å². The van der Waals surface area contributed by atoms with Crippen LogP contribution < -0.4 is 5.73 Å². The molecule has 1 saturated carbocycles. The highest BCUT2D eigenvalue weighted by atomic mass is 14.8. The van der Waals surface area contributed by atoms with Crippen molar-refractivity contribution >= 4 is 0 Å². The van der Waals surface area contributed by atoms with E-state index in [1.165, 1.54) is 0 Å². The first kappa shape index (κ1) is 4.85. The Morgan fingerprint density at radius 3 is 2.43 bits per heavy atom. The molecule has 0 saturated heterocycles. The molecule has 0 aliphatic heterocycles. The summed E-state index contributed by atoms with van der Waals surface area (Å²) >= 11 is 0. The number of hydrogen-bond acceptors (Lipinski definition) is 1. The molecule has 0 aromatic heterocycles. The molecule has 1 nitrogen and oxygen atoms in total. The smallest absolute Gasteiger partial charge is 0.0190 e. The molecule has 2 N–H and O–H groups in total. The monoisotopic (exact) mass is 96.1 g/mol. The van der Waals surface area contributed by atoms with E-state index in [4.69, 9.17) is 12.3 Å². The minimum atomic E-state index is 0.120. The lowest BCUT2D eigenvalue weighted by atomic mass is 10.2. The van der Waals surface area contributed by atoms with Gasteiger partial charge in [0, 0.05) is 5.54 Å². The maximum atomic E-state index is 5.65. The summed E-state index contributed by atoms with van der Waals surface area (Å²) in [6.45, 7) is 5.15. The van der Waals surface area contributed by atoms with Gasteiger partial charge in [0.2, 0.25) is 0 Å². The van der Waals surface area contributed by atoms with Crippen molar-refractivity contribution in [3.05, 3.63) is 12.7 Å². The van der Waals surface area contributed by atoms with Gasteiger partial charge < -0.3 is 5.73 Å². The molecule has 0 aromatic carbocycles. The molecule has 1 aliphatic rings. The Morgan fingerprint density at radius 2 is 2.29 bits per heavy atom. The Hall–Kier alpha value is -0.300. The standard InChI is InChI=1S/C6H10N/c1-2-3-6(7)4-5-6/h1-2H,3-5,7H2. The lowest BCUT2D eigenvalue weighted by Crippen LogP contribution is -2.19. The van der Waals surface area contributed by atoms with Gasteiger partial charge in [0.1, 0.15) is 0 Å². The second-order valence-electron chi connectivity index (χ2n) is 2.30. The normalized spacial score (nSPS) is 24.1. The van der Waals surface area contributed by atoms with Crippen molar-refractivity contribution in [2.24, 2.45) is 5.73 Å². The summed E-state index contributed by atoms with van der Waals surface area (Å²) in [5.74, 6) is 0. The van der Waals surface area contributed by atoms with Crippen molar-refractivity contribution in [3.8, 4) is 0 Å². The van der Waals surface area contributed by atoms with E-state index in [2.05, 4.69) is 0 Å². The Labute approximate surface area is 44.2 Å². The van der Waals surface area contributed by atoms with Crippen molar-refractivity contribution in [1.29, 1.82) is 0 Å². The average molecular weight is 96.2 g/mol. The molecule has 0 spiro atoms. The van der Waals surface area contributed by atoms with Crippen LogP contribution in [-0.4, -0.2) is 5.54 Å². The van der Waals surface area contributed by atoms with E-state index < -0.39 is 0 Å². The molecule has 1 fully saturated rings. The quantitative estimate of drug-likeness (QED) is 0.542. The predicted octanol–water partition coefficient (Wildman–Crippen LogP) is 0.857. The molecular weight excluding hydrogens is 86.1 g/mol. The van der Waals surface area contributed by atoms with Crippen molar-refractivity contribution < 1.29 is 0 Å². The molecule has 1 heteroatoms. The van der Waals surface area contributed by atoms with Crippen LogP contribution in [-0.2, 0) is 0 Å². The Morgan fingerprint density at radius 1 is 1.71 bits per heavy atom. The maximum absolute atomic E-state index is 5.65. The van der Waals surface area contributed by atoms with Crippen LogP contribution in [0, 0.1) is 6.58 Å². The minimum Gasteiger partial charge on any atom is -0.325 e. The molecule has 1 aliphatic carbocycles. The van der Waals surface area contributed by atoms with Gasteiger partial charge in [-0.3, -0.25) is 0 Å². The van der Waals surface area contributed by atoms with Crippen LogP contribution >= 0.6 is 0 Å². The molecule has 7 heavy (non-hydrogen) atoms. The fraction of sp³-hybridized carbons (Fsp3) is 0.667. The number of rotatable bonds is 2. The van der Waals surface area contributed by atoms with Gasteiger partial charge in [0.05, 0.1) is 0 Å². The minimum absolute atomic E-state index is 0.120. The predicted molar refractivity (Wildman–Crippen MR) is 29.6 cm³/mol. The Balaban J connectivity index is 2.25. The molecule has 1 rings (SSSR count). The largest absolute Gasteiger partial charge is 0.325 e. The highest BCUT2D eigenvalue weighted by Crippen LogP contribution is 2.35. The van der Waals surface area contributed by atoms with Gasteiger partial charge in [0.15, 0.2) is 0 Å². The van der Waals surface area contributed by atoms with E-state index in [-0.39, 0.29) is 5.54 Å². The third-order valence-electron chi connectivity index (χ3n) is 1.42. The van der Waals surface area contributed by atoms with Gasteiger partial charge in [-0.05, 0) is 19.3 Å². The van der Waals surface area contributed by atoms with E-state index in [1.807, 2.05) is 0 Å². The highest BCUT2D eigenvalue weighted by Gasteiger charge is 2.36. The van der Waals surface area contributed by atoms with E-state index in [0.717, 1.165) is 19.3 Å². The van der Waals surface area contributed by atoms with Gasteiger partial charge >= 0.3 is 0 Å². The summed E-state index contributed by atoms with van der Waals surface area (Å²) in [7, 11) is 0. The lowest BCUT2D eigenvalue weighted by Gasteiger charge is -1.99. The molecular formula is C6H10N. The number of nitrogens with two attached hydrogens (primary N) is 1. The zero-order valence-electron chi connectivity index (χ0n) is 4.35. The first-order valence-electron chi connectivity index (χ1n) is 2.59. The first-order valence-corrected chi connectivity index (χ1v) is 2.59. The molecule has 0 amide bonds. The summed E-state index contributed by atoms with van der Waals surface area (Å²) < 4.78 is 0. The van der Waals surface area contributed by atoms with Crippen molar-refractivity contribution in [2.75, 3.05) is 0 Å². The van der Waals surface area contributed by atoms with E-state index in [0.29, 0.717) is 0 Å². The zero-order valence-corrected chi connectivity index (χ0v) is 4.35. The summed E-state index contributed by atoms with van der Waals surface area (Å²) in [6, 6.07) is 0. The lowest BCUT2D eigenvalue weighted by molar-refractivity contribution is 0.689. The van der Waals surface area contributed by atoms with E-state index >= 15 is 0 Å². The van der Waals surface area contributed by atoms with Crippen LogP contribution in [0.5, 0.6) is 0 Å². The molecule has 1 radical (unpaired) electrons. The zero-order chi connectivity index (χ0) is 5.33. The molecule has 39 valence electrons. The summed E-state index contributed by atoms with van der Waals surface area (Å²) in [5.41, 5.74) is 5.77. The van der Waals surface area contributed by atoms with Crippen LogP contribution in [0.2, 0.25) is 0 Å². The average Bonchev–Trinajstić information content (AvgIpc) is 2.22. The second-order valence-corrected chi connectivity index (χ2v) is 2.30. The third-order valence-corrected chi connectivity index (χ3v) is 1.42. The SMILES string of the molecule is [CH]=CCC1(N)CC1. The van der Waals surface area contributed by atoms with E-state index in [1.54, 1.807) is 6.08 Å². The Bertz CT molecular complexity index is 82.2. The fourth-order valence-electron chi connectivity index (χ4n) is 0.599. The summed E-state index contributed by atoms with van der Waals surface area (Å²) in [4.78, 5) is 0. The molecule has 0 aromatic rings. The molecule has 0 unspecified atom stereocenters. The summed E-state index contributed by atoms with van der Waals surface area (Å²) in [5, 5.41) is 0. The molecule has 0 heterocycles. The van der Waals surface area contributed by atoms with Crippen LogP contribution in [0.25, 0.3) is 0 Å². The second kappa shape index (κ2) is 1.34.